The van der Waals surface area contributed by atoms with E-state index in [-0.39, 0.29) is 0 Å². The Bertz CT molecular complexity index is 641. The third kappa shape index (κ3) is 3.86. The lowest BCUT2D eigenvalue weighted by Gasteiger charge is -2.17. The second-order valence-corrected chi connectivity index (χ2v) is 7.74. The largest absolute Gasteiger partial charge is 0.0587 e. The van der Waals surface area contributed by atoms with Gasteiger partial charge in [0.05, 0.1) is 0 Å². The summed E-state index contributed by atoms with van der Waals surface area (Å²) in [5, 5.41) is 0. The maximum absolute atomic E-state index is 2.41. The molecule has 0 aliphatic carbocycles. The fourth-order valence-corrected chi connectivity index (χ4v) is 3.57. The predicted octanol–water partition coefficient (Wildman–Crippen LogP) is 6.76. The van der Waals surface area contributed by atoms with Gasteiger partial charge in [-0.15, -0.1) is 0 Å². The third-order valence-electron chi connectivity index (χ3n) is 5.19. The van der Waals surface area contributed by atoms with Crippen molar-refractivity contribution in [1.29, 1.82) is 0 Å². The lowest BCUT2D eigenvalue weighted by Crippen LogP contribution is -2.01. The number of benzene rings is 2. The topological polar surface area (TPSA) is 0 Å². The summed E-state index contributed by atoms with van der Waals surface area (Å²) in [4.78, 5) is 0. The molecule has 23 heavy (non-hydrogen) atoms. The van der Waals surface area contributed by atoms with E-state index in [1.54, 1.807) is 0 Å². The first-order chi connectivity index (χ1) is 10.7. The minimum atomic E-state index is 0.583. The van der Waals surface area contributed by atoms with Crippen LogP contribution >= 0.6 is 0 Å². The highest BCUT2D eigenvalue weighted by molar-refractivity contribution is 5.44. The minimum absolute atomic E-state index is 0.583. The number of hydrogen-bond acceptors (Lipinski definition) is 0. The molecule has 0 unspecified atom stereocenters. The van der Waals surface area contributed by atoms with Gasteiger partial charge >= 0.3 is 0 Å². The average molecular weight is 309 g/mol. The van der Waals surface area contributed by atoms with E-state index in [1.807, 2.05) is 0 Å². The highest BCUT2D eigenvalue weighted by Gasteiger charge is 2.11. The van der Waals surface area contributed by atoms with Crippen molar-refractivity contribution in [2.75, 3.05) is 0 Å². The van der Waals surface area contributed by atoms with Crippen molar-refractivity contribution in [3.8, 4) is 0 Å². The van der Waals surface area contributed by atoms with Gasteiger partial charge in [0, 0.05) is 0 Å². The standard InChI is InChI=1S/C23H32/c1-14(2)22-12-20(9-16(5)18(22)7)11-21-10-17(6)19(8)23(13-21)15(3)4/h9-10,12-15H,11H2,1-8H3. The van der Waals surface area contributed by atoms with Crippen molar-refractivity contribution in [3.63, 3.8) is 0 Å². The smallest absolute Gasteiger partial charge is 0.00254 e. The van der Waals surface area contributed by atoms with Crippen molar-refractivity contribution in [2.45, 2.75) is 73.6 Å². The minimum Gasteiger partial charge on any atom is -0.0587 e. The summed E-state index contributed by atoms with van der Waals surface area (Å²) < 4.78 is 0. The molecule has 0 aliphatic heterocycles. The van der Waals surface area contributed by atoms with Gasteiger partial charge in [0.15, 0.2) is 0 Å². The highest BCUT2D eigenvalue weighted by Crippen LogP contribution is 2.28. The van der Waals surface area contributed by atoms with Gasteiger partial charge in [-0.05, 0) is 90.5 Å². The summed E-state index contributed by atoms with van der Waals surface area (Å²) in [5.41, 5.74) is 11.6. The number of rotatable bonds is 4. The van der Waals surface area contributed by atoms with Crippen LogP contribution in [0.3, 0.4) is 0 Å². The molecule has 0 amide bonds. The molecule has 0 bridgehead atoms. The van der Waals surface area contributed by atoms with Gasteiger partial charge < -0.3 is 0 Å². The number of hydrogen-bond donors (Lipinski definition) is 0. The average Bonchev–Trinajstić information content (AvgIpc) is 2.45. The maximum atomic E-state index is 2.41. The van der Waals surface area contributed by atoms with Crippen LogP contribution in [0.15, 0.2) is 24.3 Å². The Kier molecular flexibility index (Phi) is 5.34. The summed E-state index contributed by atoms with van der Waals surface area (Å²) >= 11 is 0. The van der Waals surface area contributed by atoms with Crippen LogP contribution in [0.4, 0.5) is 0 Å². The van der Waals surface area contributed by atoms with Crippen LogP contribution in [0.5, 0.6) is 0 Å². The first-order valence-electron chi connectivity index (χ1n) is 8.90. The molecular formula is C23H32. The molecule has 0 N–H and O–H groups in total. The molecule has 0 aromatic heterocycles. The van der Waals surface area contributed by atoms with Crippen molar-refractivity contribution < 1.29 is 0 Å². The summed E-state index contributed by atoms with van der Waals surface area (Å²) in [6.07, 6.45) is 1.03. The molecular weight excluding hydrogens is 276 g/mol. The van der Waals surface area contributed by atoms with Crippen LogP contribution in [-0.2, 0) is 6.42 Å². The molecule has 0 radical (unpaired) electrons. The van der Waals surface area contributed by atoms with E-state index in [1.165, 1.54) is 44.5 Å². The summed E-state index contributed by atoms with van der Waals surface area (Å²) in [6.45, 7) is 18.1. The monoisotopic (exact) mass is 308 g/mol. The maximum Gasteiger partial charge on any atom is -0.00254 e. The van der Waals surface area contributed by atoms with Gasteiger partial charge in [-0.25, -0.2) is 0 Å². The van der Waals surface area contributed by atoms with E-state index in [0.29, 0.717) is 11.8 Å². The first-order valence-corrected chi connectivity index (χ1v) is 8.90. The van der Waals surface area contributed by atoms with Crippen LogP contribution in [0.2, 0.25) is 0 Å². The SMILES string of the molecule is Cc1cc(Cc2cc(C)c(C)c(C(C)C)c2)cc(C(C)C)c1C. The zero-order valence-corrected chi connectivity index (χ0v) is 16.2. The molecule has 2 rings (SSSR count). The van der Waals surface area contributed by atoms with E-state index in [2.05, 4.69) is 79.7 Å². The molecule has 0 nitrogen and oxygen atoms in total. The molecule has 124 valence electrons. The zero-order valence-electron chi connectivity index (χ0n) is 16.2. The van der Waals surface area contributed by atoms with E-state index in [0.717, 1.165) is 6.42 Å². The van der Waals surface area contributed by atoms with Crippen LogP contribution in [0.1, 0.15) is 84.0 Å². The lowest BCUT2D eigenvalue weighted by atomic mass is 9.88. The van der Waals surface area contributed by atoms with Gasteiger partial charge in [-0.1, -0.05) is 52.0 Å². The van der Waals surface area contributed by atoms with Crippen molar-refractivity contribution in [2.24, 2.45) is 0 Å². The van der Waals surface area contributed by atoms with E-state index in [4.69, 9.17) is 0 Å². The molecule has 2 aromatic carbocycles. The Hall–Kier alpha value is -1.56. The second kappa shape index (κ2) is 6.91. The van der Waals surface area contributed by atoms with Crippen molar-refractivity contribution in [1.82, 2.24) is 0 Å². The van der Waals surface area contributed by atoms with Crippen LogP contribution < -0.4 is 0 Å². The Labute approximate surface area is 143 Å². The molecule has 0 fully saturated rings. The van der Waals surface area contributed by atoms with E-state index >= 15 is 0 Å². The van der Waals surface area contributed by atoms with E-state index < -0.39 is 0 Å². The van der Waals surface area contributed by atoms with Crippen LogP contribution in [0.25, 0.3) is 0 Å². The molecule has 0 atom stereocenters. The fourth-order valence-electron chi connectivity index (χ4n) is 3.57. The highest BCUT2D eigenvalue weighted by atomic mass is 14.2. The second-order valence-electron chi connectivity index (χ2n) is 7.74. The van der Waals surface area contributed by atoms with Crippen LogP contribution in [0, 0.1) is 27.7 Å². The fraction of sp³-hybridized carbons (Fsp3) is 0.478. The van der Waals surface area contributed by atoms with Crippen molar-refractivity contribution in [3.05, 3.63) is 68.8 Å². The van der Waals surface area contributed by atoms with Gasteiger partial charge in [-0.2, -0.15) is 0 Å². The molecule has 0 saturated heterocycles. The zero-order chi connectivity index (χ0) is 17.3. The van der Waals surface area contributed by atoms with Gasteiger partial charge in [0.2, 0.25) is 0 Å². The summed E-state index contributed by atoms with van der Waals surface area (Å²) in [6, 6.07) is 9.56. The Morgan fingerprint density at radius 2 is 0.957 bits per heavy atom. The normalized spacial score (nSPS) is 11.6. The summed E-state index contributed by atoms with van der Waals surface area (Å²) in [7, 11) is 0. The predicted molar refractivity (Wildman–Crippen MR) is 103 cm³/mol. The number of aryl methyl sites for hydroxylation is 2. The van der Waals surface area contributed by atoms with Gasteiger partial charge in [0.1, 0.15) is 0 Å². The third-order valence-corrected chi connectivity index (χ3v) is 5.19. The molecule has 0 aliphatic rings. The van der Waals surface area contributed by atoms with Crippen molar-refractivity contribution >= 4 is 0 Å². The Morgan fingerprint density at radius 1 is 0.609 bits per heavy atom. The summed E-state index contributed by atoms with van der Waals surface area (Å²) in [5.74, 6) is 1.17. The van der Waals surface area contributed by atoms with Gasteiger partial charge in [0.25, 0.3) is 0 Å². The Balaban J connectivity index is 2.44. The molecule has 0 saturated carbocycles. The van der Waals surface area contributed by atoms with Gasteiger partial charge in [-0.3, -0.25) is 0 Å². The van der Waals surface area contributed by atoms with Crippen LogP contribution in [-0.4, -0.2) is 0 Å². The quantitative estimate of drug-likeness (QED) is 0.585. The Morgan fingerprint density at radius 3 is 1.26 bits per heavy atom. The first kappa shape index (κ1) is 17.8. The van der Waals surface area contributed by atoms with E-state index in [9.17, 15) is 0 Å². The molecule has 2 aromatic rings. The lowest BCUT2D eigenvalue weighted by molar-refractivity contribution is 0.845. The molecule has 0 spiro atoms. The molecule has 0 heterocycles. The molecule has 0 heteroatoms.